The first-order chi connectivity index (χ1) is 47.8. The highest BCUT2D eigenvalue weighted by atomic mass is 14.4. The Bertz CT molecular complexity index is 4160. The Morgan fingerprint density at radius 2 is 1.37 bits per heavy atom. The zero-order chi connectivity index (χ0) is 69.9. The highest BCUT2D eigenvalue weighted by molar-refractivity contribution is 5.75. The van der Waals surface area contributed by atoms with E-state index >= 15 is 0 Å². The van der Waals surface area contributed by atoms with Crippen molar-refractivity contribution in [3.8, 4) is 0 Å². The van der Waals surface area contributed by atoms with Crippen molar-refractivity contribution in [2.24, 2.45) is 17.8 Å². The molecule has 7 aliphatic rings. The zero-order valence-electron chi connectivity index (χ0n) is 63.2. The van der Waals surface area contributed by atoms with Gasteiger partial charge in [-0.2, -0.15) is 0 Å². The van der Waals surface area contributed by atoms with E-state index in [4.69, 9.17) is 0 Å². The Morgan fingerprint density at radius 3 is 2.11 bits per heavy atom. The lowest BCUT2D eigenvalue weighted by molar-refractivity contribution is 0.332. The molecule has 0 amide bonds. The molecule has 0 heterocycles. The summed E-state index contributed by atoms with van der Waals surface area (Å²) in [5, 5.41) is 0. The molecule has 0 aliphatic heterocycles. The van der Waals surface area contributed by atoms with Gasteiger partial charge in [-0.25, -0.2) is 0 Å². The largest absolute Gasteiger partial charge is 0.0995 e. The number of hydrogen-bond donors (Lipinski definition) is 0. The van der Waals surface area contributed by atoms with E-state index < -0.39 is 0 Å². The normalized spacial score (nSPS) is 19.0. The first-order valence-electron chi connectivity index (χ1n) is 39.0. The minimum absolute atomic E-state index is 0.478. The van der Waals surface area contributed by atoms with Crippen LogP contribution < -0.4 is 0 Å². The van der Waals surface area contributed by atoms with Crippen LogP contribution in [0.15, 0.2) is 233 Å². The van der Waals surface area contributed by atoms with Gasteiger partial charge in [0.15, 0.2) is 0 Å². The molecule has 0 heteroatoms. The second-order valence-corrected chi connectivity index (χ2v) is 31.7. The number of rotatable bonds is 24. The third-order valence-electron chi connectivity index (χ3n) is 24.2. The molecule has 0 bridgehead atoms. The summed E-state index contributed by atoms with van der Waals surface area (Å²) in [6, 6.07) is 46.5. The average Bonchev–Trinajstić information content (AvgIpc) is 1.72. The fourth-order valence-electron chi connectivity index (χ4n) is 18.5. The van der Waals surface area contributed by atoms with Crippen LogP contribution in [0.25, 0.3) is 17.7 Å². The molecule has 6 aromatic rings. The van der Waals surface area contributed by atoms with Crippen LogP contribution in [-0.2, 0) is 38.5 Å². The SMILES string of the molecule is C=C(CCCC(CC)CC)C1=C(C)CC(CC2C(=C)Cc3ccc(C)cc32)=C1C.C=C(Cc1cccc(Cc2ccc3c(c2)C(CC)C(C2=CCC=C2C)=C3)c1)c1ccc(CCCC2CCCCC2)cc1.C=C1CC(C)=C(C(C)Cc2cc3c(cc2C)CC=C3)C(c2ccc(C)cc2)C1. The van der Waals surface area contributed by atoms with Crippen molar-refractivity contribution in [3.63, 3.8) is 0 Å². The minimum Gasteiger partial charge on any atom is -0.0995 e. The fraction of sp³-hybridized carbons (Fsp3) is 0.414. The molecule has 1 fully saturated rings. The van der Waals surface area contributed by atoms with Crippen LogP contribution >= 0.6 is 0 Å². The first-order valence-corrected chi connectivity index (χ1v) is 39.0. The molecule has 0 nitrogen and oxygen atoms in total. The molecule has 0 N–H and O–H groups in total. The minimum atomic E-state index is 0.478. The van der Waals surface area contributed by atoms with Crippen molar-refractivity contribution in [2.75, 3.05) is 0 Å². The van der Waals surface area contributed by atoms with Crippen LogP contribution in [-0.4, -0.2) is 0 Å². The third kappa shape index (κ3) is 18.0. The van der Waals surface area contributed by atoms with Gasteiger partial charge in [-0.1, -0.05) is 308 Å². The van der Waals surface area contributed by atoms with E-state index in [2.05, 4.69) is 254 Å². The van der Waals surface area contributed by atoms with E-state index in [0.717, 1.165) is 88.9 Å². The molecule has 516 valence electrons. The van der Waals surface area contributed by atoms with Crippen molar-refractivity contribution >= 4 is 17.7 Å². The summed E-state index contributed by atoms with van der Waals surface area (Å²) in [7, 11) is 0. The maximum absolute atomic E-state index is 4.51. The highest BCUT2D eigenvalue weighted by Gasteiger charge is 2.32. The van der Waals surface area contributed by atoms with Crippen LogP contribution in [0.5, 0.6) is 0 Å². The molecule has 0 radical (unpaired) electrons. The maximum Gasteiger partial charge on any atom is 0.00988 e. The van der Waals surface area contributed by atoms with E-state index in [0.29, 0.717) is 23.7 Å². The topological polar surface area (TPSA) is 0 Å². The van der Waals surface area contributed by atoms with E-state index in [1.54, 1.807) is 11.1 Å². The van der Waals surface area contributed by atoms with E-state index in [1.165, 1.54) is 227 Å². The molecule has 13 rings (SSSR count). The van der Waals surface area contributed by atoms with Crippen LogP contribution in [0, 0.1) is 38.5 Å². The molecule has 6 aromatic carbocycles. The van der Waals surface area contributed by atoms with Gasteiger partial charge in [-0.05, 0) is 279 Å². The number of aryl methyl sites for hydroxylation is 4. The summed E-state index contributed by atoms with van der Waals surface area (Å²) in [5.41, 5.74) is 41.8. The quantitative estimate of drug-likeness (QED) is 0.0530. The molecule has 0 saturated heterocycles. The standard InChI is InChI=1S/C42H48.C29H40.C28H32/c1-4-39-41-28-36(21-24-38(41)29-42(39)40-18-8-11-30(40)2)27-35-17-10-16-34(26-35)25-31(3)37-22-19-33(20-23-37)15-9-14-32-12-6-5-7-13-32;1-8-24(9-2)12-10-11-20(4)29-22(6)17-26(23(29)7)18-27-21(5)16-25-14-13-19(3)15-28(25)27;1-18-9-11-23(12-10-18)27-14-19(2)13-21(4)28(27)22(5)16-26-17-25-8-6-7-24(25)15-20(26)3/h10-11,16-24,26,28-29,32,39H,3-9,12-15,25,27H2,1-2H3;13-15,24,27H,4-5,8-12,16-18H2,1-3,6-7H3;6,8-12,15,17,22,27H,2,7,13-14,16H2,1,3-5H3. The molecule has 7 aliphatic carbocycles. The monoisotopic (exact) mass is 1310 g/mol. The first kappa shape index (κ1) is 72.7. The Hall–Kier alpha value is -7.54. The summed E-state index contributed by atoms with van der Waals surface area (Å²) in [6.45, 7) is 43.1. The predicted molar refractivity (Wildman–Crippen MR) is 432 cm³/mol. The lowest BCUT2D eigenvalue weighted by atomic mass is 9.71. The van der Waals surface area contributed by atoms with E-state index in [-0.39, 0.29) is 0 Å². The van der Waals surface area contributed by atoms with Gasteiger partial charge in [-0.15, -0.1) is 0 Å². The third-order valence-corrected chi connectivity index (χ3v) is 24.2. The molecular formula is C99H120. The molecule has 1 saturated carbocycles. The van der Waals surface area contributed by atoms with Gasteiger partial charge in [0.25, 0.3) is 0 Å². The van der Waals surface area contributed by atoms with E-state index in [1.807, 2.05) is 0 Å². The number of benzene rings is 6. The van der Waals surface area contributed by atoms with Crippen LogP contribution in [0.3, 0.4) is 0 Å². The Morgan fingerprint density at radius 1 is 0.636 bits per heavy atom. The van der Waals surface area contributed by atoms with Gasteiger partial charge in [-0.3, -0.25) is 0 Å². The Labute approximate surface area is 601 Å². The summed E-state index contributed by atoms with van der Waals surface area (Å²) in [4.78, 5) is 0. The van der Waals surface area contributed by atoms with Crippen LogP contribution in [0.2, 0.25) is 0 Å². The average molecular weight is 1310 g/mol. The Kier molecular flexibility index (Phi) is 24.8. The van der Waals surface area contributed by atoms with Gasteiger partial charge >= 0.3 is 0 Å². The number of hydrogen-bond acceptors (Lipinski definition) is 0. The zero-order valence-corrected chi connectivity index (χ0v) is 63.2. The maximum atomic E-state index is 4.51. The van der Waals surface area contributed by atoms with Gasteiger partial charge in [0, 0.05) is 17.8 Å². The molecule has 4 unspecified atom stereocenters. The van der Waals surface area contributed by atoms with Crippen molar-refractivity contribution < 1.29 is 0 Å². The summed E-state index contributed by atoms with van der Waals surface area (Å²) >= 11 is 0. The molecule has 4 atom stereocenters. The summed E-state index contributed by atoms with van der Waals surface area (Å²) in [6.07, 6.45) is 41.1. The van der Waals surface area contributed by atoms with Crippen LogP contribution in [0.4, 0.5) is 0 Å². The van der Waals surface area contributed by atoms with Crippen LogP contribution in [0.1, 0.15) is 278 Å². The van der Waals surface area contributed by atoms with Crippen molar-refractivity contribution in [1.29, 1.82) is 0 Å². The van der Waals surface area contributed by atoms with Gasteiger partial charge in [0.05, 0.1) is 0 Å². The van der Waals surface area contributed by atoms with E-state index in [9.17, 15) is 0 Å². The summed E-state index contributed by atoms with van der Waals surface area (Å²) in [5.74, 6) is 3.88. The number of allylic oxidation sites excluding steroid dienone is 16. The van der Waals surface area contributed by atoms with Crippen molar-refractivity contribution in [2.45, 2.75) is 248 Å². The molecule has 99 heavy (non-hydrogen) atoms. The molecule has 0 aromatic heterocycles. The van der Waals surface area contributed by atoms with Gasteiger partial charge in [0.2, 0.25) is 0 Å². The van der Waals surface area contributed by atoms with Gasteiger partial charge in [0.1, 0.15) is 0 Å². The predicted octanol–water partition coefficient (Wildman–Crippen LogP) is 27.9. The second kappa shape index (κ2) is 33.8. The lowest BCUT2D eigenvalue weighted by Gasteiger charge is -2.33. The smallest absolute Gasteiger partial charge is 0.00988 e. The van der Waals surface area contributed by atoms with Gasteiger partial charge < -0.3 is 0 Å². The number of fused-ring (bicyclic) bond motifs is 3. The summed E-state index contributed by atoms with van der Waals surface area (Å²) < 4.78 is 0. The van der Waals surface area contributed by atoms with Crippen molar-refractivity contribution in [3.05, 3.63) is 322 Å². The fourth-order valence-corrected chi connectivity index (χ4v) is 18.5. The van der Waals surface area contributed by atoms with Crippen molar-refractivity contribution in [1.82, 2.24) is 0 Å². The highest BCUT2D eigenvalue weighted by Crippen LogP contribution is 2.49. The lowest BCUT2D eigenvalue weighted by Crippen LogP contribution is -2.19. The molecule has 0 spiro atoms. The Balaban J connectivity index is 0.000000155. The molecular weight excluding hydrogens is 1190 g/mol. The second-order valence-electron chi connectivity index (χ2n) is 31.7.